The average Bonchev–Trinajstić information content (AvgIpc) is 2.42. The Kier molecular flexibility index (Phi) is 4.39. The Morgan fingerprint density at radius 2 is 1.90 bits per heavy atom. The molecule has 1 N–H and O–H groups in total. The van der Waals surface area contributed by atoms with Gasteiger partial charge >= 0.3 is 0 Å². The van der Waals surface area contributed by atoms with Gasteiger partial charge in [0.05, 0.1) is 10.0 Å². The van der Waals surface area contributed by atoms with Gasteiger partial charge in [0, 0.05) is 25.5 Å². The van der Waals surface area contributed by atoms with E-state index in [1.165, 1.54) is 12.1 Å². The van der Waals surface area contributed by atoms with E-state index in [9.17, 15) is 9.18 Å². The number of benzene rings is 2. The quantitative estimate of drug-likeness (QED) is 0.921. The molecule has 0 aromatic heterocycles. The summed E-state index contributed by atoms with van der Waals surface area (Å²) in [6.07, 6.45) is 0. The van der Waals surface area contributed by atoms with Gasteiger partial charge < -0.3 is 10.2 Å². The van der Waals surface area contributed by atoms with E-state index in [1.54, 1.807) is 12.1 Å². The lowest BCUT2D eigenvalue weighted by atomic mass is 10.2. The minimum Gasteiger partial charge on any atom is -0.378 e. The van der Waals surface area contributed by atoms with Gasteiger partial charge in [-0.25, -0.2) is 4.39 Å². The number of amides is 1. The van der Waals surface area contributed by atoms with Gasteiger partial charge in [-0.15, -0.1) is 0 Å². The third-order valence-electron chi connectivity index (χ3n) is 2.82. The molecule has 0 radical (unpaired) electrons. The number of carbonyl (C=O) groups excluding carboxylic acids is 1. The lowest BCUT2D eigenvalue weighted by Crippen LogP contribution is -2.14. The third kappa shape index (κ3) is 3.17. The molecule has 0 bridgehead atoms. The molecule has 0 aliphatic carbocycles. The van der Waals surface area contributed by atoms with Crippen LogP contribution in [0, 0.1) is 5.82 Å². The van der Waals surface area contributed by atoms with Crippen LogP contribution >= 0.6 is 15.9 Å². The van der Waals surface area contributed by atoms with Crippen LogP contribution in [0.5, 0.6) is 0 Å². The van der Waals surface area contributed by atoms with Crippen molar-refractivity contribution in [3.8, 4) is 0 Å². The SMILES string of the molecule is CN(C)c1cccc(NC(=O)c2cccc(F)c2Br)c1. The number of hydrogen-bond donors (Lipinski definition) is 1. The fourth-order valence-corrected chi connectivity index (χ4v) is 2.18. The van der Waals surface area contributed by atoms with Crippen molar-refractivity contribution in [1.29, 1.82) is 0 Å². The zero-order chi connectivity index (χ0) is 14.7. The van der Waals surface area contributed by atoms with Crippen LogP contribution in [0.25, 0.3) is 0 Å². The summed E-state index contributed by atoms with van der Waals surface area (Å²) in [5.74, 6) is -0.813. The van der Waals surface area contributed by atoms with Crippen molar-refractivity contribution >= 4 is 33.2 Å². The molecular weight excluding hydrogens is 323 g/mol. The Balaban J connectivity index is 2.24. The van der Waals surface area contributed by atoms with Crippen molar-refractivity contribution in [3.05, 3.63) is 58.3 Å². The second-order valence-corrected chi connectivity index (χ2v) is 5.29. The molecule has 104 valence electrons. The first-order valence-electron chi connectivity index (χ1n) is 6.02. The molecule has 0 fully saturated rings. The molecule has 0 aliphatic rings. The number of anilines is 2. The normalized spacial score (nSPS) is 10.2. The highest BCUT2D eigenvalue weighted by molar-refractivity contribution is 9.10. The van der Waals surface area contributed by atoms with E-state index in [0.29, 0.717) is 5.69 Å². The zero-order valence-corrected chi connectivity index (χ0v) is 12.7. The predicted octanol–water partition coefficient (Wildman–Crippen LogP) is 3.91. The lowest BCUT2D eigenvalue weighted by Gasteiger charge is -2.14. The maximum absolute atomic E-state index is 13.4. The van der Waals surface area contributed by atoms with Crippen molar-refractivity contribution in [2.45, 2.75) is 0 Å². The molecule has 0 atom stereocenters. The predicted molar refractivity (Wildman–Crippen MR) is 82.8 cm³/mol. The number of nitrogens with one attached hydrogen (secondary N) is 1. The van der Waals surface area contributed by atoms with Gasteiger partial charge in [0.2, 0.25) is 0 Å². The zero-order valence-electron chi connectivity index (χ0n) is 11.2. The van der Waals surface area contributed by atoms with Crippen molar-refractivity contribution in [3.63, 3.8) is 0 Å². The summed E-state index contributed by atoms with van der Waals surface area (Å²) in [6.45, 7) is 0. The molecule has 20 heavy (non-hydrogen) atoms. The van der Waals surface area contributed by atoms with Crippen LogP contribution < -0.4 is 10.2 Å². The van der Waals surface area contributed by atoms with E-state index in [2.05, 4.69) is 21.2 Å². The van der Waals surface area contributed by atoms with Gasteiger partial charge in [0.1, 0.15) is 5.82 Å². The number of carbonyl (C=O) groups is 1. The molecule has 0 saturated heterocycles. The van der Waals surface area contributed by atoms with Crippen LogP contribution in [0.1, 0.15) is 10.4 Å². The first-order valence-corrected chi connectivity index (χ1v) is 6.81. The van der Waals surface area contributed by atoms with Crippen LogP contribution in [-0.4, -0.2) is 20.0 Å². The van der Waals surface area contributed by atoms with Gasteiger partial charge in [-0.05, 0) is 46.3 Å². The summed E-state index contributed by atoms with van der Waals surface area (Å²) in [7, 11) is 3.84. The monoisotopic (exact) mass is 336 g/mol. The fraction of sp³-hybridized carbons (Fsp3) is 0.133. The van der Waals surface area contributed by atoms with E-state index < -0.39 is 5.82 Å². The molecular formula is C15H14BrFN2O. The van der Waals surface area contributed by atoms with Gasteiger partial charge in [0.25, 0.3) is 5.91 Å². The number of halogens is 2. The molecule has 2 aromatic carbocycles. The van der Waals surface area contributed by atoms with E-state index in [-0.39, 0.29) is 15.9 Å². The molecule has 0 spiro atoms. The minimum atomic E-state index is -0.459. The molecule has 0 unspecified atom stereocenters. The van der Waals surface area contributed by atoms with Gasteiger partial charge in [0.15, 0.2) is 0 Å². The Labute approximate surface area is 125 Å². The maximum Gasteiger partial charge on any atom is 0.256 e. The molecule has 3 nitrogen and oxygen atoms in total. The molecule has 1 amide bonds. The summed E-state index contributed by atoms with van der Waals surface area (Å²) < 4.78 is 13.6. The van der Waals surface area contributed by atoms with Gasteiger partial charge in [-0.1, -0.05) is 12.1 Å². The molecule has 0 heterocycles. The molecule has 2 aromatic rings. The molecule has 0 saturated carbocycles. The Hall–Kier alpha value is -1.88. The second kappa shape index (κ2) is 6.05. The highest BCUT2D eigenvalue weighted by atomic mass is 79.9. The van der Waals surface area contributed by atoms with Crippen molar-refractivity contribution in [2.75, 3.05) is 24.3 Å². The van der Waals surface area contributed by atoms with E-state index >= 15 is 0 Å². The first-order chi connectivity index (χ1) is 9.49. The maximum atomic E-state index is 13.4. The fourth-order valence-electron chi connectivity index (χ4n) is 1.74. The number of hydrogen-bond acceptors (Lipinski definition) is 2. The molecule has 0 aliphatic heterocycles. The summed E-state index contributed by atoms with van der Waals surface area (Å²) in [5.41, 5.74) is 1.90. The summed E-state index contributed by atoms with van der Waals surface area (Å²) in [6, 6.07) is 11.8. The molecule has 2 rings (SSSR count). The Bertz CT molecular complexity index is 644. The number of nitrogens with zero attached hydrogens (tertiary/aromatic N) is 1. The Morgan fingerprint density at radius 3 is 2.60 bits per heavy atom. The van der Waals surface area contributed by atoms with E-state index in [4.69, 9.17) is 0 Å². The first kappa shape index (κ1) is 14.5. The van der Waals surface area contributed by atoms with Crippen LogP contribution in [0.3, 0.4) is 0 Å². The summed E-state index contributed by atoms with van der Waals surface area (Å²) >= 11 is 3.09. The lowest BCUT2D eigenvalue weighted by molar-refractivity contribution is 0.102. The van der Waals surface area contributed by atoms with E-state index in [0.717, 1.165) is 5.69 Å². The summed E-state index contributed by atoms with van der Waals surface area (Å²) in [5, 5.41) is 2.76. The highest BCUT2D eigenvalue weighted by Gasteiger charge is 2.13. The number of rotatable bonds is 3. The average molecular weight is 337 g/mol. The smallest absolute Gasteiger partial charge is 0.256 e. The second-order valence-electron chi connectivity index (χ2n) is 4.50. The summed E-state index contributed by atoms with van der Waals surface area (Å²) in [4.78, 5) is 14.1. The standard InChI is InChI=1S/C15H14BrFN2O/c1-19(2)11-6-3-5-10(9-11)18-15(20)12-7-4-8-13(17)14(12)16/h3-9H,1-2H3,(H,18,20). The van der Waals surface area contributed by atoms with Crippen LogP contribution in [0.15, 0.2) is 46.9 Å². The van der Waals surface area contributed by atoms with Crippen LogP contribution in [0.4, 0.5) is 15.8 Å². The van der Waals surface area contributed by atoms with Crippen LogP contribution in [-0.2, 0) is 0 Å². The molecule has 5 heteroatoms. The highest BCUT2D eigenvalue weighted by Crippen LogP contribution is 2.23. The van der Waals surface area contributed by atoms with Gasteiger partial charge in [-0.2, -0.15) is 0 Å². The third-order valence-corrected chi connectivity index (χ3v) is 3.62. The topological polar surface area (TPSA) is 32.3 Å². The van der Waals surface area contributed by atoms with Crippen molar-refractivity contribution < 1.29 is 9.18 Å². The minimum absolute atomic E-state index is 0.168. The Morgan fingerprint density at radius 1 is 1.20 bits per heavy atom. The van der Waals surface area contributed by atoms with Crippen molar-refractivity contribution in [1.82, 2.24) is 0 Å². The van der Waals surface area contributed by atoms with Gasteiger partial charge in [-0.3, -0.25) is 4.79 Å². The largest absolute Gasteiger partial charge is 0.378 e. The van der Waals surface area contributed by atoms with Crippen molar-refractivity contribution in [2.24, 2.45) is 0 Å². The van der Waals surface area contributed by atoms with E-state index in [1.807, 2.05) is 37.2 Å². The van der Waals surface area contributed by atoms with Crippen LogP contribution in [0.2, 0.25) is 0 Å².